The van der Waals surface area contributed by atoms with E-state index in [2.05, 4.69) is 26.1 Å². The molecule has 0 spiro atoms. The molecule has 2 aliphatic carbocycles. The van der Waals surface area contributed by atoms with Crippen molar-refractivity contribution in [1.82, 2.24) is 5.32 Å². The number of nitrogens with two attached hydrogens (primary N) is 1. The van der Waals surface area contributed by atoms with Crippen molar-refractivity contribution in [2.75, 3.05) is 0 Å². The second kappa shape index (κ2) is 5.60. The molecule has 0 aromatic carbocycles. The summed E-state index contributed by atoms with van der Waals surface area (Å²) < 4.78 is 0. The quantitative estimate of drug-likeness (QED) is 0.792. The topological polar surface area (TPSA) is 55.1 Å². The first kappa shape index (κ1) is 13.9. The molecule has 2 aliphatic rings. The van der Waals surface area contributed by atoms with Crippen LogP contribution in [0.15, 0.2) is 0 Å². The molecule has 0 aromatic heterocycles. The van der Waals surface area contributed by atoms with Crippen LogP contribution in [0.25, 0.3) is 0 Å². The van der Waals surface area contributed by atoms with Gasteiger partial charge in [-0.3, -0.25) is 4.79 Å². The van der Waals surface area contributed by atoms with Crippen molar-refractivity contribution in [3.05, 3.63) is 0 Å². The van der Waals surface area contributed by atoms with Crippen LogP contribution < -0.4 is 11.1 Å². The number of carbonyl (C=O) groups is 1. The molecular formula is C15H28N2O. The van der Waals surface area contributed by atoms with Crippen LogP contribution in [0.2, 0.25) is 0 Å². The Balaban J connectivity index is 1.92. The van der Waals surface area contributed by atoms with E-state index in [9.17, 15) is 4.79 Å². The van der Waals surface area contributed by atoms with Gasteiger partial charge >= 0.3 is 0 Å². The van der Waals surface area contributed by atoms with E-state index in [0.717, 1.165) is 19.3 Å². The summed E-state index contributed by atoms with van der Waals surface area (Å²) in [6, 6.07) is 0.596. The molecule has 0 aromatic rings. The molecule has 18 heavy (non-hydrogen) atoms. The fourth-order valence-corrected chi connectivity index (χ4v) is 3.70. The summed E-state index contributed by atoms with van der Waals surface area (Å²) >= 11 is 0. The van der Waals surface area contributed by atoms with Gasteiger partial charge in [0.05, 0.1) is 0 Å². The summed E-state index contributed by atoms with van der Waals surface area (Å²) in [6.45, 7) is 6.65. The van der Waals surface area contributed by atoms with Crippen molar-refractivity contribution >= 4 is 5.91 Å². The Labute approximate surface area is 111 Å². The zero-order chi connectivity index (χ0) is 13.3. The average molecular weight is 252 g/mol. The Hall–Kier alpha value is -0.570. The summed E-state index contributed by atoms with van der Waals surface area (Å²) in [4.78, 5) is 12.4. The van der Waals surface area contributed by atoms with Crippen LogP contribution in [-0.4, -0.2) is 18.0 Å². The van der Waals surface area contributed by atoms with E-state index in [-0.39, 0.29) is 17.9 Å². The molecule has 6 unspecified atom stereocenters. The van der Waals surface area contributed by atoms with Crippen LogP contribution in [0.1, 0.15) is 52.9 Å². The van der Waals surface area contributed by atoms with Crippen LogP contribution in [0.5, 0.6) is 0 Å². The van der Waals surface area contributed by atoms with Crippen LogP contribution >= 0.6 is 0 Å². The summed E-state index contributed by atoms with van der Waals surface area (Å²) in [5, 5.41) is 3.27. The molecule has 0 bridgehead atoms. The van der Waals surface area contributed by atoms with E-state index in [4.69, 9.17) is 5.73 Å². The highest BCUT2D eigenvalue weighted by atomic mass is 16.2. The highest BCUT2D eigenvalue weighted by Crippen LogP contribution is 2.33. The number of amides is 1. The van der Waals surface area contributed by atoms with Gasteiger partial charge in [0.2, 0.25) is 5.91 Å². The molecule has 6 atom stereocenters. The van der Waals surface area contributed by atoms with E-state index >= 15 is 0 Å². The molecule has 0 heterocycles. The number of hydrogen-bond acceptors (Lipinski definition) is 2. The van der Waals surface area contributed by atoms with Crippen molar-refractivity contribution in [3.8, 4) is 0 Å². The minimum Gasteiger partial charge on any atom is -0.353 e. The van der Waals surface area contributed by atoms with Crippen LogP contribution in [0, 0.1) is 23.7 Å². The summed E-state index contributed by atoms with van der Waals surface area (Å²) in [5.41, 5.74) is 6.12. The predicted molar refractivity (Wildman–Crippen MR) is 74.0 cm³/mol. The minimum atomic E-state index is 0.129. The maximum absolute atomic E-state index is 12.4. The number of carbonyl (C=O) groups excluding carboxylic acids is 1. The first-order valence-electron chi connectivity index (χ1n) is 7.55. The van der Waals surface area contributed by atoms with Gasteiger partial charge in [-0.2, -0.15) is 0 Å². The summed E-state index contributed by atoms with van der Waals surface area (Å²) in [5.74, 6) is 2.04. The van der Waals surface area contributed by atoms with Crippen LogP contribution in [0.3, 0.4) is 0 Å². The van der Waals surface area contributed by atoms with Gasteiger partial charge in [0, 0.05) is 18.0 Å². The Morgan fingerprint density at radius 1 is 1.06 bits per heavy atom. The lowest BCUT2D eigenvalue weighted by Crippen LogP contribution is -2.48. The summed E-state index contributed by atoms with van der Waals surface area (Å²) in [7, 11) is 0. The second-order valence-corrected chi connectivity index (χ2v) is 6.72. The molecule has 2 rings (SSSR count). The molecule has 1 amide bonds. The third-order valence-electron chi connectivity index (χ3n) is 5.21. The second-order valence-electron chi connectivity index (χ2n) is 6.72. The lowest BCUT2D eigenvalue weighted by atomic mass is 9.72. The molecule has 0 saturated heterocycles. The maximum Gasteiger partial charge on any atom is 0.223 e. The van der Waals surface area contributed by atoms with E-state index in [1.165, 1.54) is 12.8 Å². The van der Waals surface area contributed by atoms with Crippen LogP contribution in [-0.2, 0) is 4.79 Å². The van der Waals surface area contributed by atoms with Gasteiger partial charge in [-0.1, -0.05) is 27.2 Å². The first-order chi connectivity index (χ1) is 8.49. The first-order valence-corrected chi connectivity index (χ1v) is 7.55. The zero-order valence-electron chi connectivity index (χ0n) is 12.0. The molecule has 3 nitrogen and oxygen atoms in total. The van der Waals surface area contributed by atoms with Gasteiger partial charge < -0.3 is 11.1 Å². The smallest absolute Gasteiger partial charge is 0.223 e. The average Bonchev–Trinajstić information content (AvgIpc) is 2.69. The fourth-order valence-electron chi connectivity index (χ4n) is 3.70. The minimum absolute atomic E-state index is 0.129. The van der Waals surface area contributed by atoms with Gasteiger partial charge in [-0.25, -0.2) is 0 Å². The van der Waals surface area contributed by atoms with Crippen molar-refractivity contribution < 1.29 is 4.79 Å². The largest absolute Gasteiger partial charge is 0.353 e. The lowest BCUT2D eigenvalue weighted by molar-refractivity contribution is -0.129. The highest BCUT2D eigenvalue weighted by molar-refractivity contribution is 5.79. The normalized spacial score (nSPS) is 44.9. The molecule has 0 aliphatic heterocycles. The third kappa shape index (κ3) is 2.87. The van der Waals surface area contributed by atoms with Crippen molar-refractivity contribution in [2.45, 2.75) is 65.0 Å². The van der Waals surface area contributed by atoms with Crippen molar-refractivity contribution in [3.63, 3.8) is 0 Å². The van der Waals surface area contributed by atoms with Gasteiger partial charge in [-0.05, 0) is 43.4 Å². The molecule has 2 saturated carbocycles. The highest BCUT2D eigenvalue weighted by Gasteiger charge is 2.36. The molecule has 3 N–H and O–H groups in total. The van der Waals surface area contributed by atoms with E-state index in [1.54, 1.807) is 0 Å². The van der Waals surface area contributed by atoms with Gasteiger partial charge in [0.1, 0.15) is 0 Å². The van der Waals surface area contributed by atoms with Gasteiger partial charge in [0.25, 0.3) is 0 Å². The zero-order valence-corrected chi connectivity index (χ0v) is 12.0. The monoisotopic (exact) mass is 252 g/mol. The maximum atomic E-state index is 12.4. The van der Waals surface area contributed by atoms with Gasteiger partial charge in [-0.15, -0.1) is 0 Å². The van der Waals surface area contributed by atoms with Crippen molar-refractivity contribution in [2.24, 2.45) is 29.4 Å². The third-order valence-corrected chi connectivity index (χ3v) is 5.21. The number of nitrogens with one attached hydrogen (secondary N) is 1. The van der Waals surface area contributed by atoms with E-state index < -0.39 is 0 Å². The number of hydrogen-bond donors (Lipinski definition) is 2. The Bertz CT molecular complexity index is 305. The van der Waals surface area contributed by atoms with Gasteiger partial charge in [0.15, 0.2) is 0 Å². The van der Waals surface area contributed by atoms with Crippen LogP contribution in [0.4, 0.5) is 0 Å². The standard InChI is InChI=1S/C15H28N2O/c1-9-5-4-6-14(9)17-15(18)12-8-13(16)11(3)7-10(12)2/h9-14H,4-8,16H2,1-3H3,(H,17,18). The van der Waals surface area contributed by atoms with Crippen molar-refractivity contribution in [1.29, 1.82) is 0 Å². The Kier molecular flexibility index (Phi) is 4.31. The molecule has 104 valence electrons. The van der Waals surface area contributed by atoms with E-state index in [1.807, 2.05) is 0 Å². The molecular weight excluding hydrogens is 224 g/mol. The predicted octanol–water partition coefficient (Wildman–Crippen LogP) is 2.30. The fraction of sp³-hybridized carbons (Fsp3) is 0.933. The SMILES string of the molecule is CC1CC(C)C(C(=O)NC2CCCC2C)CC1N. The molecule has 3 heteroatoms. The number of rotatable bonds is 2. The van der Waals surface area contributed by atoms with E-state index in [0.29, 0.717) is 23.8 Å². The Morgan fingerprint density at radius 3 is 2.39 bits per heavy atom. The molecule has 0 radical (unpaired) electrons. The summed E-state index contributed by atoms with van der Waals surface area (Å²) in [6.07, 6.45) is 5.59. The Morgan fingerprint density at radius 2 is 1.78 bits per heavy atom. The molecule has 2 fully saturated rings. The lowest BCUT2D eigenvalue weighted by Gasteiger charge is -2.36.